The number of aliphatic hydroxyl groups excluding tert-OH is 1. The molecular weight excluding hydrogens is 250 g/mol. The molecule has 2 aliphatic carbocycles. The fourth-order valence-corrected chi connectivity index (χ4v) is 3.84. The van der Waals surface area contributed by atoms with Gasteiger partial charge in [0, 0.05) is 19.0 Å². The molecule has 1 aromatic carbocycles. The van der Waals surface area contributed by atoms with Crippen molar-refractivity contribution in [3.8, 4) is 0 Å². The van der Waals surface area contributed by atoms with Gasteiger partial charge in [0.25, 0.3) is 0 Å². The minimum absolute atomic E-state index is 0.0599. The summed E-state index contributed by atoms with van der Waals surface area (Å²) >= 11 is 0. The van der Waals surface area contributed by atoms with Crippen LogP contribution in [0.5, 0.6) is 0 Å². The van der Waals surface area contributed by atoms with Gasteiger partial charge in [-0.1, -0.05) is 31.2 Å². The first-order valence-corrected chi connectivity index (χ1v) is 7.75. The largest absolute Gasteiger partial charge is 0.395 e. The maximum Gasteiger partial charge on any atom is 0.226 e. The third-order valence-electron chi connectivity index (χ3n) is 4.79. The molecule has 0 heterocycles. The van der Waals surface area contributed by atoms with Gasteiger partial charge in [0.15, 0.2) is 0 Å². The van der Waals surface area contributed by atoms with Crippen molar-refractivity contribution in [3.05, 3.63) is 35.4 Å². The topological polar surface area (TPSA) is 40.5 Å². The Morgan fingerprint density at radius 3 is 2.90 bits per heavy atom. The van der Waals surface area contributed by atoms with Gasteiger partial charge in [-0.25, -0.2) is 0 Å². The summed E-state index contributed by atoms with van der Waals surface area (Å²) in [7, 11) is 0. The molecule has 108 valence electrons. The van der Waals surface area contributed by atoms with E-state index < -0.39 is 0 Å². The average Bonchev–Trinajstić information content (AvgIpc) is 3.21. The van der Waals surface area contributed by atoms with Crippen molar-refractivity contribution in [2.45, 2.75) is 32.1 Å². The third-order valence-corrected chi connectivity index (χ3v) is 4.79. The van der Waals surface area contributed by atoms with Crippen molar-refractivity contribution < 1.29 is 9.90 Å². The van der Waals surface area contributed by atoms with Gasteiger partial charge in [-0.3, -0.25) is 4.79 Å². The second-order valence-electron chi connectivity index (χ2n) is 6.00. The molecule has 1 N–H and O–H groups in total. The molecule has 0 spiro atoms. The van der Waals surface area contributed by atoms with E-state index in [0.717, 1.165) is 25.8 Å². The van der Waals surface area contributed by atoms with Crippen molar-refractivity contribution in [1.82, 2.24) is 4.90 Å². The van der Waals surface area contributed by atoms with Crippen molar-refractivity contribution in [2.24, 2.45) is 11.8 Å². The van der Waals surface area contributed by atoms with Gasteiger partial charge in [0.05, 0.1) is 6.61 Å². The van der Waals surface area contributed by atoms with E-state index in [1.807, 2.05) is 4.90 Å². The Balaban J connectivity index is 1.76. The summed E-state index contributed by atoms with van der Waals surface area (Å²) in [5, 5.41) is 9.14. The summed E-state index contributed by atoms with van der Waals surface area (Å²) in [5.74, 6) is 1.39. The quantitative estimate of drug-likeness (QED) is 0.893. The van der Waals surface area contributed by atoms with Crippen LogP contribution in [0.15, 0.2) is 24.3 Å². The van der Waals surface area contributed by atoms with E-state index in [2.05, 4.69) is 31.2 Å². The highest BCUT2D eigenvalue weighted by Gasteiger charge is 2.57. The first-order valence-electron chi connectivity index (χ1n) is 7.75. The summed E-state index contributed by atoms with van der Waals surface area (Å²) in [5.41, 5.74) is 2.82. The van der Waals surface area contributed by atoms with Gasteiger partial charge in [-0.05, 0) is 42.2 Å². The molecule has 1 fully saturated rings. The Morgan fingerprint density at radius 2 is 2.15 bits per heavy atom. The van der Waals surface area contributed by atoms with Crippen LogP contribution in [0.1, 0.15) is 36.8 Å². The van der Waals surface area contributed by atoms with E-state index in [0.29, 0.717) is 18.4 Å². The summed E-state index contributed by atoms with van der Waals surface area (Å²) in [4.78, 5) is 14.5. The van der Waals surface area contributed by atoms with Crippen LogP contribution in [-0.2, 0) is 11.2 Å². The minimum atomic E-state index is 0.0599. The molecule has 3 rings (SSSR count). The summed E-state index contributed by atoms with van der Waals surface area (Å²) < 4.78 is 0. The Labute approximate surface area is 120 Å². The fourth-order valence-electron chi connectivity index (χ4n) is 3.84. The highest BCUT2D eigenvalue weighted by molar-refractivity contribution is 5.84. The Bertz CT molecular complexity index is 494. The van der Waals surface area contributed by atoms with Crippen LogP contribution in [0.25, 0.3) is 0 Å². The van der Waals surface area contributed by atoms with Crippen molar-refractivity contribution in [1.29, 1.82) is 0 Å². The van der Waals surface area contributed by atoms with Crippen molar-refractivity contribution >= 4 is 5.91 Å². The predicted octanol–water partition coefficient (Wildman–Crippen LogP) is 2.19. The van der Waals surface area contributed by atoms with E-state index >= 15 is 0 Å². The predicted molar refractivity (Wildman–Crippen MR) is 78.4 cm³/mol. The maximum atomic E-state index is 12.7. The number of benzene rings is 1. The maximum absolute atomic E-state index is 12.7. The number of fused-ring (bicyclic) bond motifs is 3. The average molecular weight is 273 g/mol. The van der Waals surface area contributed by atoms with E-state index in [1.165, 1.54) is 11.1 Å². The molecule has 1 aromatic rings. The minimum Gasteiger partial charge on any atom is -0.395 e. The number of aryl methyl sites for hydroxylation is 1. The SMILES string of the molecule is CCCN(CCO)C(=O)C1C2CCc3ccccc3C21. The Morgan fingerprint density at radius 1 is 1.35 bits per heavy atom. The summed E-state index contributed by atoms with van der Waals surface area (Å²) in [6.45, 7) is 3.37. The van der Waals surface area contributed by atoms with Crippen LogP contribution in [0.2, 0.25) is 0 Å². The van der Waals surface area contributed by atoms with E-state index in [9.17, 15) is 4.79 Å². The second kappa shape index (κ2) is 5.57. The summed E-state index contributed by atoms with van der Waals surface area (Å²) in [6, 6.07) is 8.56. The molecule has 0 aromatic heterocycles. The molecule has 1 amide bonds. The number of carbonyl (C=O) groups excluding carboxylic acids is 1. The molecule has 0 bridgehead atoms. The van der Waals surface area contributed by atoms with Crippen LogP contribution in [-0.4, -0.2) is 35.6 Å². The molecule has 1 saturated carbocycles. The number of carbonyl (C=O) groups is 1. The zero-order chi connectivity index (χ0) is 14.1. The lowest BCUT2D eigenvalue weighted by Crippen LogP contribution is -2.36. The zero-order valence-corrected chi connectivity index (χ0v) is 12.1. The van der Waals surface area contributed by atoms with Gasteiger partial charge in [-0.15, -0.1) is 0 Å². The number of aliphatic hydroxyl groups is 1. The van der Waals surface area contributed by atoms with Crippen LogP contribution in [0, 0.1) is 11.8 Å². The zero-order valence-electron chi connectivity index (χ0n) is 12.1. The third kappa shape index (κ3) is 2.24. The lowest BCUT2D eigenvalue weighted by Gasteiger charge is -2.21. The second-order valence-corrected chi connectivity index (χ2v) is 6.00. The molecule has 3 heteroatoms. The van der Waals surface area contributed by atoms with Gasteiger partial charge in [0.1, 0.15) is 0 Å². The molecule has 2 aliphatic rings. The van der Waals surface area contributed by atoms with E-state index in [-0.39, 0.29) is 18.4 Å². The van der Waals surface area contributed by atoms with Crippen molar-refractivity contribution in [2.75, 3.05) is 19.7 Å². The number of nitrogens with zero attached hydrogens (tertiary/aromatic N) is 1. The number of rotatable bonds is 5. The van der Waals surface area contributed by atoms with E-state index in [4.69, 9.17) is 5.11 Å². The van der Waals surface area contributed by atoms with Crippen LogP contribution < -0.4 is 0 Å². The van der Waals surface area contributed by atoms with Gasteiger partial charge < -0.3 is 10.0 Å². The van der Waals surface area contributed by atoms with Crippen LogP contribution >= 0.6 is 0 Å². The number of amides is 1. The van der Waals surface area contributed by atoms with E-state index in [1.54, 1.807) is 0 Å². The lowest BCUT2D eigenvalue weighted by atomic mass is 9.92. The summed E-state index contributed by atoms with van der Waals surface area (Å²) in [6.07, 6.45) is 3.19. The Hall–Kier alpha value is -1.35. The monoisotopic (exact) mass is 273 g/mol. The van der Waals surface area contributed by atoms with Gasteiger partial charge >= 0.3 is 0 Å². The highest BCUT2D eigenvalue weighted by atomic mass is 16.3. The molecular formula is C17H23NO2. The lowest BCUT2D eigenvalue weighted by molar-refractivity contribution is -0.133. The molecule has 20 heavy (non-hydrogen) atoms. The molecule has 3 nitrogen and oxygen atoms in total. The van der Waals surface area contributed by atoms with Crippen LogP contribution in [0.4, 0.5) is 0 Å². The fraction of sp³-hybridized carbons (Fsp3) is 0.588. The first-order chi connectivity index (χ1) is 9.77. The van der Waals surface area contributed by atoms with Crippen molar-refractivity contribution in [3.63, 3.8) is 0 Å². The molecule has 0 saturated heterocycles. The first kappa shape index (κ1) is 13.6. The highest BCUT2D eigenvalue weighted by Crippen LogP contribution is 2.60. The van der Waals surface area contributed by atoms with Gasteiger partial charge in [0.2, 0.25) is 5.91 Å². The smallest absolute Gasteiger partial charge is 0.226 e. The van der Waals surface area contributed by atoms with Crippen LogP contribution in [0.3, 0.4) is 0 Å². The molecule has 3 unspecified atom stereocenters. The standard InChI is InChI=1S/C17H23NO2/c1-2-9-18(10-11-19)17(20)16-14-8-7-12-5-3-4-6-13(12)15(14)16/h3-6,14-16,19H,2,7-11H2,1H3. The normalized spacial score (nSPS) is 26.6. The Kier molecular flexibility index (Phi) is 3.79. The number of hydrogen-bond donors (Lipinski definition) is 1. The molecule has 0 radical (unpaired) electrons. The number of hydrogen-bond acceptors (Lipinski definition) is 2. The van der Waals surface area contributed by atoms with Gasteiger partial charge in [-0.2, -0.15) is 0 Å². The molecule has 0 aliphatic heterocycles. The molecule has 3 atom stereocenters.